The lowest BCUT2D eigenvalue weighted by Gasteiger charge is -2.11. The second kappa shape index (κ2) is 7.86. The third kappa shape index (κ3) is 3.55. The van der Waals surface area contributed by atoms with Gasteiger partial charge in [-0.1, -0.05) is 24.6 Å². The van der Waals surface area contributed by atoms with Crippen molar-refractivity contribution >= 4 is 22.5 Å². The van der Waals surface area contributed by atoms with Gasteiger partial charge in [-0.05, 0) is 62.1 Å². The summed E-state index contributed by atoms with van der Waals surface area (Å²) in [6.45, 7) is 0.967. The Morgan fingerprint density at radius 3 is 2.66 bits per heavy atom. The number of hydrogen-bond donors (Lipinski definition) is 1. The molecule has 32 heavy (non-hydrogen) atoms. The van der Waals surface area contributed by atoms with Crippen molar-refractivity contribution in [1.29, 1.82) is 0 Å². The molecule has 2 aromatic carbocycles. The van der Waals surface area contributed by atoms with E-state index in [-0.39, 0.29) is 5.91 Å². The highest BCUT2D eigenvalue weighted by atomic mass is 16.1. The molecule has 4 aromatic rings. The van der Waals surface area contributed by atoms with Crippen molar-refractivity contribution in [2.75, 3.05) is 5.32 Å². The first kappa shape index (κ1) is 19.2. The summed E-state index contributed by atoms with van der Waals surface area (Å²) < 4.78 is 2.24. The predicted octanol–water partition coefficient (Wildman–Crippen LogP) is 5.35. The van der Waals surface area contributed by atoms with Gasteiger partial charge >= 0.3 is 0 Å². The number of anilines is 1. The number of amides is 1. The van der Waals surface area contributed by atoms with Gasteiger partial charge in [-0.2, -0.15) is 0 Å². The van der Waals surface area contributed by atoms with E-state index in [1.165, 1.54) is 12.8 Å². The summed E-state index contributed by atoms with van der Waals surface area (Å²) in [6, 6.07) is 17.7. The first-order valence-electron chi connectivity index (χ1n) is 11.5. The quantitative estimate of drug-likeness (QED) is 0.480. The zero-order valence-corrected chi connectivity index (χ0v) is 17.9. The molecule has 0 radical (unpaired) electrons. The van der Waals surface area contributed by atoms with Gasteiger partial charge in [0.2, 0.25) is 0 Å². The fraction of sp³-hybridized carbons (Fsp3) is 0.308. The summed E-state index contributed by atoms with van der Waals surface area (Å²) in [6.07, 6.45) is 6.87. The first-order chi connectivity index (χ1) is 15.8. The fourth-order valence-electron chi connectivity index (χ4n) is 4.57. The maximum atomic E-state index is 13.2. The van der Waals surface area contributed by atoms with E-state index in [0.717, 1.165) is 71.7 Å². The third-order valence-electron chi connectivity index (χ3n) is 6.49. The number of para-hydroxylation sites is 1. The van der Waals surface area contributed by atoms with Crippen LogP contribution in [0.25, 0.3) is 22.3 Å². The number of nitrogens with one attached hydrogen (secondary N) is 1. The molecule has 1 saturated carbocycles. The lowest BCUT2D eigenvalue weighted by atomic mass is 10.1. The molecular weight excluding hydrogens is 398 g/mol. The van der Waals surface area contributed by atoms with Gasteiger partial charge in [0.05, 0.1) is 11.1 Å². The van der Waals surface area contributed by atoms with Crippen LogP contribution in [0.15, 0.2) is 54.6 Å². The first-order valence-corrected chi connectivity index (χ1v) is 11.5. The molecule has 0 unspecified atom stereocenters. The number of pyridine rings is 1. The molecule has 160 valence electrons. The lowest BCUT2D eigenvalue weighted by molar-refractivity contribution is 0.102. The molecule has 2 aliphatic rings. The van der Waals surface area contributed by atoms with Crippen LogP contribution in [0.1, 0.15) is 59.9 Å². The van der Waals surface area contributed by atoms with Gasteiger partial charge in [0.15, 0.2) is 5.82 Å². The van der Waals surface area contributed by atoms with Crippen LogP contribution in [0.5, 0.6) is 0 Å². The van der Waals surface area contributed by atoms with E-state index in [9.17, 15) is 4.79 Å². The number of carbonyl (C=O) groups is 1. The SMILES string of the molecule is O=C(Nc1ccc(-c2nnc3n2CCCCC3)cc1)c1cc(C2CC2)nc2ccccc12. The van der Waals surface area contributed by atoms with Crippen LogP contribution in [-0.2, 0) is 13.0 Å². The topological polar surface area (TPSA) is 72.7 Å². The molecule has 0 spiro atoms. The van der Waals surface area contributed by atoms with E-state index in [1.54, 1.807) is 0 Å². The van der Waals surface area contributed by atoms with Crippen molar-refractivity contribution in [1.82, 2.24) is 19.7 Å². The van der Waals surface area contributed by atoms with Crippen LogP contribution < -0.4 is 5.32 Å². The highest BCUT2D eigenvalue weighted by Crippen LogP contribution is 2.40. The molecule has 0 atom stereocenters. The van der Waals surface area contributed by atoms with E-state index in [1.807, 2.05) is 54.6 Å². The normalized spacial score (nSPS) is 15.9. The molecule has 0 saturated heterocycles. The molecule has 1 aliphatic carbocycles. The third-order valence-corrected chi connectivity index (χ3v) is 6.49. The summed E-state index contributed by atoms with van der Waals surface area (Å²) in [5.74, 6) is 2.37. The number of carbonyl (C=O) groups excluding carboxylic acids is 1. The number of fused-ring (bicyclic) bond motifs is 2. The summed E-state index contributed by atoms with van der Waals surface area (Å²) in [5.41, 5.74) is 4.38. The molecule has 6 rings (SSSR count). The van der Waals surface area contributed by atoms with Crippen LogP contribution in [-0.4, -0.2) is 25.7 Å². The molecule has 0 bridgehead atoms. The number of hydrogen-bond acceptors (Lipinski definition) is 4. The van der Waals surface area contributed by atoms with Gasteiger partial charge in [0.25, 0.3) is 5.91 Å². The van der Waals surface area contributed by atoms with E-state index in [4.69, 9.17) is 4.98 Å². The molecule has 6 heteroatoms. The van der Waals surface area contributed by atoms with E-state index < -0.39 is 0 Å². The largest absolute Gasteiger partial charge is 0.322 e. The average molecular weight is 424 g/mol. The summed E-state index contributed by atoms with van der Waals surface area (Å²) in [5, 5.41) is 12.8. The molecule has 1 amide bonds. The smallest absolute Gasteiger partial charge is 0.256 e. The Bertz CT molecular complexity index is 1300. The Kier molecular flexibility index (Phi) is 4.71. The van der Waals surface area contributed by atoms with Gasteiger partial charge in [0, 0.05) is 41.2 Å². The van der Waals surface area contributed by atoms with Crippen molar-refractivity contribution in [2.45, 2.75) is 51.0 Å². The number of rotatable bonds is 4. The Balaban J connectivity index is 1.27. The molecule has 1 N–H and O–H groups in total. The molecule has 1 aliphatic heterocycles. The summed E-state index contributed by atoms with van der Waals surface area (Å²) >= 11 is 0. The highest BCUT2D eigenvalue weighted by Gasteiger charge is 2.27. The second-order valence-corrected chi connectivity index (χ2v) is 8.82. The Hall–Kier alpha value is -3.54. The number of nitrogens with zero attached hydrogens (tertiary/aromatic N) is 4. The Morgan fingerprint density at radius 2 is 1.81 bits per heavy atom. The highest BCUT2D eigenvalue weighted by molar-refractivity contribution is 6.12. The van der Waals surface area contributed by atoms with Crippen LogP contribution in [0.4, 0.5) is 5.69 Å². The maximum absolute atomic E-state index is 13.2. The van der Waals surface area contributed by atoms with Crippen molar-refractivity contribution in [3.8, 4) is 11.4 Å². The van der Waals surface area contributed by atoms with Crippen LogP contribution in [0.3, 0.4) is 0 Å². The van der Waals surface area contributed by atoms with Gasteiger partial charge in [0.1, 0.15) is 5.82 Å². The van der Waals surface area contributed by atoms with Gasteiger partial charge < -0.3 is 9.88 Å². The maximum Gasteiger partial charge on any atom is 0.256 e. The van der Waals surface area contributed by atoms with Crippen LogP contribution in [0.2, 0.25) is 0 Å². The van der Waals surface area contributed by atoms with E-state index in [0.29, 0.717) is 11.5 Å². The zero-order chi connectivity index (χ0) is 21.5. The second-order valence-electron chi connectivity index (χ2n) is 8.82. The van der Waals surface area contributed by atoms with Crippen molar-refractivity contribution in [2.24, 2.45) is 0 Å². The van der Waals surface area contributed by atoms with Crippen LogP contribution in [0, 0.1) is 0 Å². The molecule has 3 heterocycles. The van der Waals surface area contributed by atoms with E-state index >= 15 is 0 Å². The van der Waals surface area contributed by atoms with Gasteiger partial charge in [-0.15, -0.1) is 10.2 Å². The average Bonchev–Trinajstić information content (AvgIpc) is 3.64. The summed E-state index contributed by atoms with van der Waals surface area (Å²) in [7, 11) is 0. The summed E-state index contributed by atoms with van der Waals surface area (Å²) in [4.78, 5) is 18.0. The lowest BCUT2D eigenvalue weighted by Crippen LogP contribution is -2.13. The molecule has 2 aromatic heterocycles. The van der Waals surface area contributed by atoms with E-state index in [2.05, 4.69) is 20.1 Å². The predicted molar refractivity (Wildman–Crippen MR) is 125 cm³/mol. The number of aryl methyl sites for hydroxylation is 1. The Morgan fingerprint density at radius 1 is 0.969 bits per heavy atom. The minimum Gasteiger partial charge on any atom is -0.322 e. The number of aromatic nitrogens is 4. The van der Waals surface area contributed by atoms with Crippen molar-refractivity contribution < 1.29 is 4.79 Å². The molecular formula is C26H25N5O. The Labute approximate surface area is 186 Å². The minimum atomic E-state index is -0.102. The van der Waals surface area contributed by atoms with Crippen LogP contribution >= 0.6 is 0 Å². The fourth-order valence-corrected chi connectivity index (χ4v) is 4.57. The molecule has 6 nitrogen and oxygen atoms in total. The number of benzene rings is 2. The molecule has 1 fully saturated rings. The minimum absolute atomic E-state index is 0.102. The monoisotopic (exact) mass is 423 g/mol. The van der Waals surface area contributed by atoms with Crippen molar-refractivity contribution in [3.05, 3.63) is 71.7 Å². The van der Waals surface area contributed by atoms with Gasteiger partial charge in [-0.3, -0.25) is 9.78 Å². The standard InChI is InChI=1S/C26H25N5O/c32-26(21-16-23(17-9-10-17)28-22-7-4-3-6-20(21)22)27-19-13-11-18(12-14-19)25-30-29-24-8-2-1-5-15-31(24)25/h3-4,6-7,11-14,16-17H,1-2,5,8-10,15H2,(H,27,32). The van der Waals surface area contributed by atoms with Gasteiger partial charge in [-0.25, -0.2) is 0 Å². The van der Waals surface area contributed by atoms with Crippen molar-refractivity contribution in [3.63, 3.8) is 0 Å². The zero-order valence-electron chi connectivity index (χ0n) is 17.9.